The van der Waals surface area contributed by atoms with Gasteiger partial charge in [-0.25, -0.2) is 0 Å². The summed E-state index contributed by atoms with van der Waals surface area (Å²) in [6, 6.07) is 0. The minimum absolute atomic E-state index is 0. The fourth-order valence-corrected chi connectivity index (χ4v) is 0. The summed E-state index contributed by atoms with van der Waals surface area (Å²) in [5.74, 6) is 0. The minimum atomic E-state index is -0.509. The second kappa shape index (κ2) is 5.30. The molecule has 0 saturated carbocycles. The van der Waals surface area contributed by atoms with Gasteiger partial charge in [-0.2, -0.15) is 0 Å². The predicted molar refractivity (Wildman–Crippen MR) is 22.2 cm³/mol. The van der Waals surface area contributed by atoms with Crippen LogP contribution in [0.25, 0.3) is 0 Å². The Kier molecular flexibility index (Phi) is 8.45. The number of carbonyl (C=O) groups is 1. The van der Waals surface area contributed by atoms with Crippen molar-refractivity contribution in [3.63, 3.8) is 0 Å². The van der Waals surface area contributed by atoms with E-state index in [2.05, 4.69) is 6.58 Å². The smallest absolute Gasteiger partial charge is 1.00 e. The van der Waals surface area contributed by atoms with Gasteiger partial charge >= 0.3 is 18.9 Å². The van der Waals surface area contributed by atoms with Crippen LogP contribution in [0.2, 0.25) is 0 Å². The van der Waals surface area contributed by atoms with Crippen LogP contribution in [0.3, 0.4) is 0 Å². The SMILES string of the molecule is C=CC(=O)Cl.[H-].[Li+]. The summed E-state index contributed by atoms with van der Waals surface area (Å²) in [6.45, 7) is 3.08. The standard InChI is InChI=1S/C3H3ClO.Li.H/c1-2-3(4)5;;/h2H,1H2;;/q;+1;-1. The topological polar surface area (TPSA) is 17.1 Å². The molecule has 0 aromatic carbocycles. The van der Waals surface area contributed by atoms with E-state index in [-0.39, 0.29) is 20.3 Å². The zero-order chi connectivity index (χ0) is 4.28. The van der Waals surface area contributed by atoms with Crippen LogP contribution in [0.4, 0.5) is 0 Å². The van der Waals surface area contributed by atoms with Crippen LogP contribution in [0.1, 0.15) is 1.43 Å². The van der Waals surface area contributed by atoms with Crippen LogP contribution >= 0.6 is 11.6 Å². The molecule has 0 radical (unpaired) electrons. The number of halogens is 1. The quantitative estimate of drug-likeness (QED) is 0.212. The molecule has 0 fully saturated rings. The Morgan fingerprint density at radius 3 is 2.17 bits per heavy atom. The first-order valence-electron chi connectivity index (χ1n) is 1.09. The van der Waals surface area contributed by atoms with Crippen molar-refractivity contribution in [1.29, 1.82) is 0 Å². The van der Waals surface area contributed by atoms with Crippen molar-refractivity contribution in [3.05, 3.63) is 12.7 Å². The van der Waals surface area contributed by atoms with Crippen LogP contribution in [0.15, 0.2) is 12.7 Å². The molecule has 0 aromatic heterocycles. The Morgan fingerprint density at radius 2 is 2.17 bits per heavy atom. The molecule has 0 aliphatic heterocycles. The fraction of sp³-hybridized carbons (Fsp3) is 0. The molecule has 0 aliphatic rings. The molecule has 0 amide bonds. The van der Waals surface area contributed by atoms with E-state index in [1.807, 2.05) is 0 Å². The van der Waals surface area contributed by atoms with E-state index >= 15 is 0 Å². The summed E-state index contributed by atoms with van der Waals surface area (Å²) < 4.78 is 0. The molecule has 0 spiro atoms. The van der Waals surface area contributed by atoms with E-state index in [9.17, 15) is 4.79 Å². The molecule has 1 nitrogen and oxygen atoms in total. The molecule has 0 unspecified atom stereocenters. The summed E-state index contributed by atoms with van der Waals surface area (Å²) in [7, 11) is 0. The average molecular weight is 98.5 g/mol. The maximum Gasteiger partial charge on any atom is 1.00 e. The number of rotatable bonds is 1. The Morgan fingerprint density at radius 1 is 2.00 bits per heavy atom. The van der Waals surface area contributed by atoms with Crippen LogP contribution in [-0.4, -0.2) is 5.24 Å². The Balaban J connectivity index is -0.0000000800. The van der Waals surface area contributed by atoms with Gasteiger partial charge in [0.15, 0.2) is 0 Å². The van der Waals surface area contributed by atoms with Crippen molar-refractivity contribution in [2.24, 2.45) is 0 Å². The first-order chi connectivity index (χ1) is 2.27. The zero-order valence-corrected chi connectivity index (χ0v) is 4.33. The first kappa shape index (κ1) is 9.57. The van der Waals surface area contributed by atoms with E-state index in [4.69, 9.17) is 11.6 Å². The van der Waals surface area contributed by atoms with Gasteiger partial charge in [0.2, 0.25) is 5.24 Å². The van der Waals surface area contributed by atoms with Crippen LogP contribution < -0.4 is 18.9 Å². The second-order valence-corrected chi connectivity index (χ2v) is 0.881. The first-order valence-corrected chi connectivity index (χ1v) is 1.47. The van der Waals surface area contributed by atoms with Crippen LogP contribution in [0, 0.1) is 0 Å². The molecule has 0 N–H and O–H groups in total. The van der Waals surface area contributed by atoms with Gasteiger partial charge in [0, 0.05) is 0 Å². The van der Waals surface area contributed by atoms with E-state index in [0.717, 1.165) is 6.08 Å². The molecule has 0 aromatic rings. The molecule has 0 bridgehead atoms. The Labute approximate surface area is 55.0 Å². The van der Waals surface area contributed by atoms with Gasteiger partial charge in [-0.3, -0.25) is 4.79 Å². The second-order valence-electron chi connectivity index (χ2n) is 0.508. The molecule has 3 heteroatoms. The largest absolute Gasteiger partial charge is 1.00 e. The van der Waals surface area contributed by atoms with Gasteiger partial charge in [0.05, 0.1) is 0 Å². The number of allylic oxidation sites excluding steroid dienone is 1. The molecule has 0 aliphatic carbocycles. The third kappa shape index (κ3) is 8.85. The van der Waals surface area contributed by atoms with Gasteiger partial charge in [0.1, 0.15) is 0 Å². The van der Waals surface area contributed by atoms with Crippen molar-refractivity contribution < 1.29 is 25.1 Å². The van der Waals surface area contributed by atoms with Crippen molar-refractivity contribution in [2.75, 3.05) is 0 Å². The Bertz CT molecular complexity index is 66.0. The maximum absolute atomic E-state index is 9.46. The number of hydrogen-bond donors (Lipinski definition) is 0. The van der Waals surface area contributed by atoms with E-state index in [1.165, 1.54) is 0 Å². The molecular weight excluding hydrogens is 94.4 g/mol. The molecule has 0 saturated heterocycles. The van der Waals surface area contributed by atoms with Gasteiger partial charge in [0.25, 0.3) is 0 Å². The minimum Gasteiger partial charge on any atom is -1.00 e. The van der Waals surface area contributed by atoms with Crippen molar-refractivity contribution in [3.8, 4) is 0 Å². The molecule has 6 heavy (non-hydrogen) atoms. The van der Waals surface area contributed by atoms with Crippen molar-refractivity contribution in [1.82, 2.24) is 0 Å². The van der Waals surface area contributed by atoms with Crippen LogP contribution in [0.5, 0.6) is 0 Å². The van der Waals surface area contributed by atoms with Gasteiger partial charge in [-0.15, -0.1) is 0 Å². The summed E-state index contributed by atoms with van der Waals surface area (Å²) in [6.07, 6.45) is 1.04. The van der Waals surface area contributed by atoms with E-state index in [0.29, 0.717) is 0 Å². The van der Waals surface area contributed by atoms with Crippen molar-refractivity contribution >= 4 is 16.8 Å². The predicted octanol–water partition coefficient (Wildman–Crippen LogP) is -1.95. The van der Waals surface area contributed by atoms with Gasteiger partial charge in [-0.1, -0.05) is 6.58 Å². The Hall–Kier alpha value is 0.297. The third-order valence-corrected chi connectivity index (χ3v) is 0.315. The average Bonchev–Trinajstić information content (AvgIpc) is 1.38. The molecule has 30 valence electrons. The summed E-state index contributed by atoms with van der Waals surface area (Å²) >= 11 is 4.71. The zero-order valence-electron chi connectivity index (χ0n) is 4.57. The summed E-state index contributed by atoms with van der Waals surface area (Å²) in [5, 5.41) is -0.509. The molecular formula is C3H4ClLiO. The fourth-order valence-electron chi connectivity index (χ4n) is 0. The van der Waals surface area contributed by atoms with Crippen molar-refractivity contribution in [2.45, 2.75) is 0 Å². The summed E-state index contributed by atoms with van der Waals surface area (Å²) in [4.78, 5) is 9.46. The molecule has 0 rings (SSSR count). The summed E-state index contributed by atoms with van der Waals surface area (Å²) in [5.41, 5.74) is 0. The molecule has 0 atom stereocenters. The van der Waals surface area contributed by atoms with Crippen LogP contribution in [-0.2, 0) is 4.79 Å². The molecule has 0 heterocycles. The number of carbonyl (C=O) groups excluding carboxylic acids is 1. The van der Waals surface area contributed by atoms with Gasteiger partial charge in [-0.05, 0) is 17.7 Å². The monoisotopic (exact) mass is 98.0 g/mol. The number of hydrogen-bond acceptors (Lipinski definition) is 1. The maximum atomic E-state index is 9.46. The normalized spacial score (nSPS) is 5.50. The van der Waals surface area contributed by atoms with E-state index < -0.39 is 5.24 Å². The van der Waals surface area contributed by atoms with E-state index in [1.54, 1.807) is 0 Å². The third-order valence-electron chi connectivity index (χ3n) is 0.160. The van der Waals surface area contributed by atoms with Gasteiger partial charge < -0.3 is 1.43 Å².